The third kappa shape index (κ3) is 2.74. The van der Waals surface area contributed by atoms with Gasteiger partial charge in [-0.1, -0.05) is 0 Å². The molecule has 1 aromatic heterocycles. The average molecular weight is 260 g/mol. The van der Waals surface area contributed by atoms with Crippen molar-refractivity contribution in [3.63, 3.8) is 0 Å². The van der Waals surface area contributed by atoms with E-state index in [0.29, 0.717) is 23.5 Å². The number of hydrogen-bond donors (Lipinski definition) is 3. The molecule has 0 fully saturated rings. The Morgan fingerprint density at radius 3 is 2.89 bits per heavy atom. The lowest BCUT2D eigenvalue weighted by molar-refractivity contribution is 0.102. The lowest BCUT2D eigenvalue weighted by Gasteiger charge is -2.07. The number of benzene rings is 1. The Hall–Kier alpha value is -2.34. The van der Waals surface area contributed by atoms with Gasteiger partial charge in [0.2, 0.25) is 0 Å². The van der Waals surface area contributed by atoms with Gasteiger partial charge in [0, 0.05) is 30.9 Å². The zero-order valence-electron chi connectivity index (χ0n) is 10.8. The highest BCUT2D eigenvalue weighted by Crippen LogP contribution is 2.18. The van der Waals surface area contributed by atoms with Gasteiger partial charge < -0.3 is 16.2 Å². The fraction of sp³-hybridized carbons (Fsp3) is 0.231. The first kappa shape index (κ1) is 13.1. The number of amides is 1. The molecule has 6 heteroatoms. The normalized spacial score (nSPS) is 10.5. The molecular formula is C13H16N4O2. The van der Waals surface area contributed by atoms with Gasteiger partial charge in [-0.05, 0) is 30.7 Å². The summed E-state index contributed by atoms with van der Waals surface area (Å²) in [6, 6.07) is 4.59. The summed E-state index contributed by atoms with van der Waals surface area (Å²) in [5.41, 5.74) is 7.55. The summed E-state index contributed by atoms with van der Waals surface area (Å²) in [5, 5.41) is 16.2. The van der Waals surface area contributed by atoms with Gasteiger partial charge in [0.1, 0.15) is 5.75 Å². The van der Waals surface area contributed by atoms with Crippen molar-refractivity contribution in [1.29, 1.82) is 0 Å². The molecule has 0 unspecified atom stereocenters. The lowest BCUT2D eigenvalue weighted by Crippen LogP contribution is -2.15. The first-order chi connectivity index (χ1) is 9.01. The molecule has 0 atom stereocenters. The maximum absolute atomic E-state index is 12.1. The van der Waals surface area contributed by atoms with Crippen molar-refractivity contribution in [2.45, 2.75) is 13.5 Å². The maximum atomic E-state index is 12.1. The van der Waals surface area contributed by atoms with E-state index in [-0.39, 0.29) is 11.7 Å². The van der Waals surface area contributed by atoms with E-state index in [4.69, 9.17) is 5.73 Å². The van der Waals surface area contributed by atoms with Crippen LogP contribution in [0.3, 0.4) is 0 Å². The van der Waals surface area contributed by atoms with Gasteiger partial charge in [0.05, 0.1) is 0 Å². The van der Waals surface area contributed by atoms with Crippen molar-refractivity contribution in [3.05, 3.63) is 41.1 Å². The van der Waals surface area contributed by atoms with E-state index in [9.17, 15) is 9.90 Å². The van der Waals surface area contributed by atoms with Crippen LogP contribution >= 0.6 is 0 Å². The summed E-state index contributed by atoms with van der Waals surface area (Å²) < 4.78 is 1.60. The molecule has 0 aliphatic rings. The summed E-state index contributed by atoms with van der Waals surface area (Å²) in [7, 11) is 1.76. The number of rotatable bonds is 3. The Balaban J connectivity index is 2.25. The summed E-state index contributed by atoms with van der Waals surface area (Å²) in [6.45, 7) is 2.06. The second kappa shape index (κ2) is 5.11. The molecular weight excluding hydrogens is 244 g/mol. The number of carbonyl (C=O) groups excluding carboxylic acids is 1. The van der Waals surface area contributed by atoms with E-state index in [1.54, 1.807) is 30.9 Å². The molecule has 2 aromatic rings. The maximum Gasteiger partial charge on any atom is 0.257 e. The van der Waals surface area contributed by atoms with Crippen LogP contribution in [-0.4, -0.2) is 20.8 Å². The third-order valence-corrected chi connectivity index (χ3v) is 2.81. The zero-order chi connectivity index (χ0) is 14.0. The van der Waals surface area contributed by atoms with Crippen LogP contribution in [0, 0.1) is 6.92 Å². The van der Waals surface area contributed by atoms with Crippen molar-refractivity contribution in [2.75, 3.05) is 5.32 Å². The van der Waals surface area contributed by atoms with Crippen molar-refractivity contribution < 1.29 is 9.90 Å². The van der Waals surface area contributed by atoms with E-state index in [1.165, 1.54) is 12.1 Å². The fourth-order valence-corrected chi connectivity index (χ4v) is 1.87. The summed E-state index contributed by atoms with van der Waals surface area (Å²) in [5.74, 6) is 0.322. The molecule has 100 valence electrons. The number of nitrogens with one attached hydrogen (secondary N) is 1. The van der Waals surface area contributed by atoms with Crippen LogP contribution in [0.5, 0.6) is 5.75 Å². The third-order valence-electron chi connectivity index (χ3n) is 2.81. The molecule has 1 aromatic carbocycles. The van der Waals surface area contributed by atoms with Gasteiger partial charge in [-0.2, -0.15) is 5.10 Å². The number of aryl methyl sites for hydroxylation is 2. The van der Waals surface area contributed by atoms with E-state index in [2.05, 4.69) is 10.4 Å². The minimum Gasteiger partial charge on any atom is -0.508 e. The van der Waals surface area contributed by atoms with Crippen LogP contribution in [0.1, 0.15) is 21.5 Å². The van der Waals surface area contributed by atoms with Crippen molar-refractivity contribution in [3.8, 4) is 5.75 Å². The number of hydrogen-bond acceptors (Lipinski definition) is 4. The smallest absolute Gasteiger partial charge is 0.257 e. The van der Waals surface area contributed by atoms with Crippen LogP contribution in [0.15, 0.2) is 24.4 Å². The molecule has 0 aliphatic heterocycles. The second-order valence-corrected chi connectivity index (χ2v) is 4.33. The van der Waals surface area contributed by atoms with E-state index >= 15 is 0 Å². The van der Waals surface area contributed by atoms with Crippen LogP contribution in [0.4, 0.5) is 5.82 Å². The summed E-state index contributed by atoms with van der Waals surface area (Å²) in [6.07, 6.45) is 1.76. The number of anilines is 1. The van der Waals surface area contributed by atoms with Crippen LogP contribution in [0.25, 0.3) is 0 Å². The predicted octanol–water partition coefficient (Wildman–Crippen LogP) is 1.15. The van der Waals surface area contributed by atoms with Gasteiger partial charge in [-0.15, -0.1) is 0 Å². The van der Waals surface area contributed by atoms with Crippen LogP contribution < -0.4 is 11.1 Å². The number of aromatic nitrogens is 2. The molecule has 0 bridgehead atoms. The molecule has 2 rings (SSSR count). The molecule has 0 radical (unpaired) electrons. The SMILES string of the molecule is Cc1cc(O)ccc1C(=O)Nc1nn(C)cc1CN. The van der Waals surface area contributed by atoms with Crippen LogP contribution in [0.2, 0.25) is 0 Å². The minimum absolute atomic E-state index is 0.134. The predicted molar refractivity (Wildman–Crippen MR) is 71.9 cm³/mol. The molecule has 0 spiro atoms. The highest BCUT2D eigenvalue weighted by atomic mass is 16.3. The first-order valence-corrected chi connectivity index (χ1v) is 5.85. The average Bonchev–Trinajstić information content (AvgIpc) is 2.69. The number of carbonyl (C=O) groups is 1. The molecule has 4 N–H and O–H groups in total. The number of aromatic hydroxyl groups is 1. The Labute approximate surface area is 110 Å². The van der Waals surface area contributed by atoms with E-state index in [0.717, 1.165) is 5.56 Å². The fourth-order valence-electron chi connectivity index (χ4n) is 1.87. The number of phenolic OH excluding ortho intramolecular Hbond substituents is 1. The number of phenols is 1. The molecule has 1 amide bonds. The van der Waals surface area contributed by atoms with Gasteiger partial charge in [0.15, 0.2) is 5.82 Å². The molecule has 6 nitrogen and oxygen atoms in total. The molecule has 19 heavy (non-hydrogen) atoms. The van der Waals surface area contributed by atoms with Crippen LogP contribution in [-0.2, 0) is 13.6 Å². The van der Waals surface area contributed by atoms with Gasteiger partial charge in [0.25, 0.3) is 5.91 Å². The Morgan fingerprint density at radius 2 is 2.26 bits per heavy atom. The lowest BCUT2D eigenvalue weighted by atomic mass is 10.1. The summed E-state index contributed by atoms with van der Waals surface area (Å²) >= 11 is 0. The molecule has 1 heterocycles. The highest BCUT2D eigenvalue weighted by Gasteiger charge is 2.13. The topological polar surface area (TPSA) is 93.2 Å². The first-order valence-electron chi connectivity index (χ1n) is 5.85. The highest BCUT2D eigenvalue weighted by molar-refractivity contribution is 6.05. The standard InChI is InChI=1S/C13H16N4O2/c1-8-5-10(18)3-4-11(8)13(19)15-12-9(6-14)7-17(2)16-12/h3-5,7,18H,6,14H2,1-2H3,(H,15,16,19). The van der Waals surface area contributed by atoms with Gasteiger partial charge >= 0.3 is 0 Å². The monoisotopic (exact) mass is 260 g/mol. The molecule has 0 aliphatic carbocycles. The van der Waals surface area contributed by atoms with E-state index < -0.39 is 0 Å². The number of nitrogens with zero attached hydrogens (tertiary/aromatic N) is 2. The van der Waals surface area contributed by atoms with Crippen molar-refractivity contribution in [1.82, 2.24) is 9.78 Å². The number of nitrogens with two attached hydrogens (primary N) is 1. The minimum atomic E-state index is -0.272. The quantitative estimate of drug-likeness (QED) is 0.771. The molecule has 0 saturated carbocycles. The largest absolute Gasteiger partial charge is 0.508 e. The van der Waals surface area contributed by atoms with Crippen molar-refractivity contribution >= 4 is 11.7 Å². The Bertz CT molecular complexity index is 619. The molecule has 0 saturated heterocycles. The second-order valence-electron chi connectivity index (χ2n) is 4.33. The zero-order valence-corrected chi connectivity index (χ0v) is 10.8. The van der Waals surface area contributed by atoms with Gasteiger partial charge in [-0.3, -0.25) is 9.48 Å². The Kier molecular flexibility index (Phi) is 3.52. The van der Waals surface area contributed by atoms with Gasteiger partial charge in [-0.25, -0.2) is 0 Å². The van der Waals surface area contributed by atoms with E-state index in [1.807, 2.05) is 0 Å². The van der Waals surface area contributed by atoms with Crippen molar-refractivity contribution in [2.24, 2.45) is 12.8 Å². The Morgan fingerprint density at radius 1 is 1.53 bits per heavy atom. The summed E-state index contributed by atoms with van der Waals surface area (Å²) in [4.78, 5) is 12.1.